The first-order valence-corrected chi connectivity index (χ1v) is 3.77. The molecule has 0 aliphatic heterocycles. The van der Waals surface area contributed by atoms with Crippen molar-refractivity contribution < 1.29 is 0 Å². The van der Waals surface area contributed by atoms with Crippen molar-refractivity contribution >= 4 is 19.0 Å². The van der Waals surface area contributed by atoms with Crippen molar-refractivity contribution in [3.8, 4) is 0 Å². The molecule has 2 rings (SSSR count). The van der Waals surface area contributed by atoms with Crippen LogP contribution in [0.15, 0.2) is 18.6 Å². The quantitative estimate of drug-likeness (QED) is 0.568. The van der Waals surface area contributed by atoms with E-state index in [-0.39, 0.29) is 0 Å². The minimum atomic E-state index is 0.513. The lowest BCUT2D eigenvalue weighted by Crippen LogP contribution is -1.90. The monoisotopic (exact) mass is 157 g/mol. The Morgan fingerprint density at radius 1 is 1.50 bits per heavy atom. The maximum atomic E-state index is 5.47. The van der Waals surface area contributed by atoms with Gasteiger partial charge in [-0.1, -0.05) is 6.32 Å². The topological polar surface area (TPSA) is 30.7 Å². The van der Waals surface area contributed by atoms with Gasteiger partial charge >= 0.3 is 0 Å². The highest BCUT2D eigenvalue weighted by Crippen LogP contribution is 2.09. The first-order valence-electron chi connectivity index (χ1n) is 3.77. The average Bonchev–Trinajstić information content (AvgIpc) is 2.47. The Bertz CT molecular complexity index is 408. The van der Waals surface area contributed by atoms with Crippen molar-refractivity contribution in [1.82, 2.24) is 14.5 Å². The van der Waals surface area contributed by atoms with Crippen LogP contribution in [0.5, 0.6) is 0 Å². The van der Waals surface area contributed by atoms with Gasteiger partial charge in [-0.2, -0.15) is 0 Å². The van der Waals surface area contributed by atoms with Crippen molar-refractivity contribution in [2.45, 2.75) is 6.32 Å². The number of imidazole rings is 1. The van der Waals surface area contributed by atoms with Crippen molar-refractivity contribution in [2.24, 2.45) is 7.05 Å². The van der Waals surface area contributed by atoms with Gasteiger partial charge in [0.05, 0.1) is 14.2 Å². The molecule has 0 unspecified atom stereocenters. The van der Waals surface area contributed by atoms with E-state index >= 15 is 0 Å². The van der Waals surface area contributed by atoms with E-state index in [9.17, 15) is 0 Å². The molecular formula is C8H8BN3. The van der Waals surface area contributed by atoms with Crippen LogP contribution in [0, 0.1) is 0 Å². The fraction of sp³-hybridized carbons (Fsp3) is 0.250. The van der Waals surface area contributed by atoms with Gasteiger partial charge in [-0.15, -0.1) is 0 Å². The van der Waals surface area contributed by atoms with E-state index < -0.39 is 0 Å². The van der Waals surface area contributed by atoms with Gasteiger partial charge in [-0.25, -0.2) is 9.97 Å². The highest BCUT2D eigenvalue weighted by atomic mass is 15.1. The largest absolute Gasteiger partial charge is 0.318 e. The molecule has 0 spiro atoms. The van der Waals surface area contributed by atoms with Gasteiger partial charge in [0.2, 0.25) is 0 Å². The second-order valence-corrected chi connectivity index (χ2v) is 2.75. The molecule has 2 heterocycles. The summed E-state index contributed by atoms with van der Waals surface area (Å²) >= 11 is 0. The van der Waals surface area contributed by atoms with Gasteiger partial charge in [0.25, 0.3) is 0 Å². The van der Waals surface area contributed by atoms with Crippen LogP contribution in [0.25, 0.3) is 11.2 Å². The number of pyridine rings is 1. The Morgan fingerprint density at radius 3 is 3.08 bits per heavy atom. The van der Waals surface area contributed by atoms with Crippen LogP contribution in [0.4, 0.5) is 0 Å². The van der Waals surface area contributed by atoms with E-state index in [2.05, 4.69) is 9.97 Å². The summed E-state index contributed by atoms with van der Waals surface area (Å²) in [5.74, 6) is 0. The van der Waals surface area contributed by atoms with Crippen molar-refractivity contribution in [3.05, 3.63) is 24.2 Å². The van der Waals surface area contributed by atoms with E-state index in [0.29, 0.717) is 6.32 Å². The number of hydrogen-bond donors (Lipinski definition) is 0. The predicted octanol–water partition coefficient (Wildman–Crippen LogP) is 0.637. The Morgan fingerprint density at radius 2 is 2.33 bits per heavy atom. The van der Waals surface area contributed by atoms with Gasteiger partial charge in [-0.05, 0) is 11.6 Å². The number of aryl methyl sites for hydroxylation is 1. The predicted molar refractivity (Wildman–Crippen MR) is 48.0 cm³/mol. The van der Waals surface area contributed by atoms with Crippen molar-refractivity contribution in [2.75, 3.05) is 0 Å². The minimum absolute atomic E-state index is 0.513. The van der Waals surface area contributed by atoms with Crippen LogP contribution in [-0.4, -0.2) is 22.4 Å². The third-order valence-electron chi connectivity index (χ3n) is 1.84. The van der Waals surface area contributed by atoms with E-state index in [1.165, 1.54) is 0 Å². The molecule has 58 valence electrons. The Hall–Kier alpha value is -1.32. The summed E-state index contributed by atoms with van der Waals surface area (Å²) in [6.45, 7) is 0. The number of rotatable bonds is 1. The van der Waals surface area contributed by atoms with Crippen LogP contribution in [0.2, 0.25) is 0 Å². The molecule has 0 fully saturated rings. The zero-order valence-corrected chi connectivity index (χ0v) is 6.86. The Kier molecular flexibility index (Phi) is 1.61. The molecule has 0 N–H and O–H groups in total. The van der Waals surface area contributed by atoms with Crippen LogP contribution < -0.4 is 0 Å². The van der Waals surface area contributed by atoms with Gasteiger partial charge in [0, 0.05) is 13.2 Å². The lowest BCUT2D eigenvalue weighted by molar-refractivity contribution is 0.930. The average molecular weight is 157 g/mol. The minimum Gasteiger partial charge on any atom is -0.318 e. The molecule has 0 aliphatic carbocycles. The molecule has 0 aliphatic rings. The molecule has 2 aromatic heterocycles. The third-order valence-corrected chi connectivity index (χ3v) is 1.84. The molecular weight excluding hydrogens is 149 g/mol. The van der Waals surface area contributed by atoms with Crippen LogP contribution in [-0.2, 0) is 13.4 Å². The molecule has 2 radical (unpaired) electrons. The van der Waals surface area contributed by atoms with E-state index in [1.54, 1.807) is 12.5 Å². The lowest BCUT2D eigenvalue weighted by atomic mass is 9.98. The smallest absolute Gasteiger partial charge is 0.159 e. The van der Waals surface area contributed by atoms with Crippen molar-refractivity contribution in [1.29, 1.82) is 0 Å². The van der Waals surface area contributed by atoms with Gasteiger partial charge in [-0.3, -0.25) is 0 Å². The normalized spacial score (nSPS) is 10.8. The van der Waals surface area contributed by atoms with Gasteiger partial charge in [0.1, 0.15) is 5.52 Å². The molecule has 0 saturated heterocycles. The Balaban J connectivity index is 2.69. The highest BCUT2D eigenvalue weighted by molar-refractivity contribution is 6.08. The number of hydrogen-bond acceptors (Lipinski definition) is 2. The maximum Gasteiger partial charge on any atom is 0.159 e. The summed E-state index contributed by atoms with van der Waals surface area (Å²) < 4.78 is 1.88. The lowest BCUT2D eigenvalue weighted by Gasteiger charge is -1.95. The van der Waals surface area contributed by atoms with Gasteiger partial charge < -0.3 is 4.57 Å². The summed E-state index contributed by atoms with van der Waals surface area (Å²) in [6, 6.07) is 1.96. The number of fused-ring (bicyclic) bond motifs is 1. The van der Waals surface area contributed by atoms with Crippen LogP contribution >= 0.6 is 0 Å². The molecule has 0 amide bonds. The molecule has 2 aromatic rings. The summed E-state index contributed by atoms with van der Waals surface area (Å²) in [5.41, 5.74) is 2.81. The first kappa shape index (κ1) is 7.34. The third kappa shape index (κ3) is 0.997. The van der Waals surface area contributed by atoms with E-state index in [1.807, 2.05) is 17.7 Å². The summed E-state index contributed by atoms with van der Waals surface area (Å²) in [6.07, 6.45) is 4.04. The zero-order chi connectivity index (χ0) is 8.55. The van der Waals surface area contributed by atoms with Crippen LogP contribution in [0.3, 0.4) is 0 Å². The molecule has 0 saturated carbocycles. The number of nitrogens with zero attached hydrogens (tertiary/aromatic N) is 3. The zero-order valence-electron chi connectivity index (χ0n) is 6.86. The van der Waals surface area contributed by atoms with E-state index in [4.69, 9.17) is 7.85 Å². The highest BCUT2D eigenvalue weighted by Gasteiger charge is 2.00. The summed E-state index contributed by atoms with van der Waals surface area (Å²) in [7, 11) is 7.39. The molecule has 3 nitrogen and oxygen atoms in total. The standard InChI is InChI=1S/C8H8BN3/c1-12-5-11-7-2-6(3-9)4-10-8(7)12/h2,4-5H,3H2,1H3. The fourth-order valence-corrected chi connectivity index (χ4v) is 1.17. The molecule has 0 bridgehead atoms. The number of aromatic nitrogens is 3. The first-order chi connectivity index (χ1) is 5.81. The summed E-state index contributed by atoms with van der Waals surface area (Å²) in [5, 5.41) is 0. The molecule has 4 heteroatoms. The summed E-state index contributed by atoms with van der Waals surface area (Å²) in [4.78, 5) is 8.40. The SMILES string of the molecule is [B]Cc1cnc2c(c1)ncn2C. The molecule has 12 heavy (non-hydrogen) atoms. The second kappa shape index (κ2) is 2.62. The van der Waals surface area contributed by atoms with Crippen LogP contribution in [0.1, 0.15) is 5.56 Å². The maximum absolute atomic E-state index is 5.47. The fourth-order valence-electron chi connectivity index (χ4n) is 1.17. The van der Waals surface area contributed by atoms with Crippen molar-refractivity contribution in [3.63, 3.8) is 0 Å². The Labute approximate surface area is 71.9 Å². The second-order valence-electron chi connectivity index (χ2n) is 2.75. The van der Waals surface area contributed by atoms with E-state index in [0.717, 1.165) is 16.7 Å². The van der Waals surface area contributed by atoms with Gasteiger partial charge in [0.15, 0.2) is 5.65 Å². The molecule has 0 atom stereocenters. The molecule has 0 aromatic carbocycles.